The molecule has 140 valence electrons. The first kappa shape index (κ1) is 21.6. The fraction of sp³-hybridized carbons (Fsp3) is 0.600. The molecule has 0 unspecified atom stereocenters. The predicted molar refractivity (Wildman–Crippen MR) is 105 cm³/mol. The van der Waals surface area contributed by atoms with Gasteiger partial charge in [0.15, 0.2) is 0 Å². The van der Waals surface area contributed by atoms with Gasteiger partial charge in [0.2, 0.25) is 0 Å². The van der Waals surface area contributed by atoms with Crippen molar-refractivity contribution < 1.29 is 14.3 Å². The largest absolute Gasteiger partial charge is 0.449 e. The van der Waals surface area contributed by atoms with Crippen LogP contribution in [0, 0.1) is 0 Å². The third-order valence-corrected chi connectivity index (χ3v) is 4.88. The lowest BCUT2D eigenvalue weighted by molar-refractivity contribution is -0.105. The maximum Gasteiger partial charge on any atom is 0.410 e. The number of hydrogen-bond donors (Lipinski definition) is 0. The minimum Gasteiger partial charge on any atom is -0.449 e. The van der Waals surface area contributed by atoms with Gasteiger partial charge in [-0.2, -0.15) is 11.8 Å². The van der Waals surface area contributed by atoms with E-state index in [-0.39, 0.29) is 11.6 Å². The van der Waals surface area contributed by atoms with Crippen molar-refractivity contribution >= 4 is 24.1 Å². The molecule has 0 aliphatic rings. The van der Waals surface area contributed by atoms with Crippen LogP contribution in [0.4, 0.5) is 4.79 Å². The molecule has 0 fully saturated rings. The van der Waals surface area contributed by atoms with E-state index in [1.165, 1.54) is 11.1 Å². The topological polar surface area (TPSA) is 46.6 Å². The van der Waals surface area contributed by atoms with Crippen molar-refractivity contribution in [3.8, 4) is 0 Å². The van der Waals surface area contributed by atoms with Crippen LogP contribution in [0.5, 0.6) is 0 Å². The van der Waals surface area contributed by atoms with E-state index >= 15 is 0 Å². The summed E-state index contributed by atoms with van der Waals surface area (Å²) in [5, 5.41) is 0. The first-order chi connectivity index (χ1) is 11.9. The highest BCUT2D eigenvalue weighted by atomic mass is 32.2. The zero-order valence-electron chi connectivity index (χ0n) is 15.9. The monoisotopic (exact) mass is 365 g/mol. The van der Waals surface area contributed by atoms with Gasteiger partial charge < -0.3 is 14.4 Å². The second kappa shape index (κ2) is 11.2. The van der Waals surface area contributed by atoms with E-state index in [9.17, 15) is 9.59 Å². The first-order valence-corrected chi connectivity index (χ1v) is 10.1. The van der Waals surface area contributed by atoms with Gasteiger partial charge in [-0.15, -0.1) is 0 Å². The Hall–Kier alpha value is -1.49. The first-order valence-electron chi connectivity index (χ1n) is 8.92. The number of hydrogen-bond acceptors (Lipinski definition) is 4. The Morgan fingerprint density at radius 2 is 1.84 bits per heavy atom. The summed E-state index contributed by atoms with van der Waals surface area (Å²) in [6, 6.07) is 8.43. The fourth-order valence-corrected chi connectivity index (χ4v) is 3.03. The van der Waals surface area contributed by atoms with Gasteiger partial charge in [-0.1, -0.05) is 31.2 Å². The summed E-state index contributed by atoms with van der Waals surface area (Å²) >= 11 is 1.59. The van der Waals surface area contributed by atoms with Crippen LogP contribution in [0.2, 0.25) is 0 Å². The SMILES string of the molecule is CCc1ccc(CCOC(=O)N(CCCSCC=O)C(C)(C)C)cc1. The molecule has 25 heavy (non-hydrogen) atoms. The van der Waals surface area contributed by atoms with Gasteiger partial charge >= 0.3 is 6.09 Å². The smallest absolute Gasteiger partial charge is 0.410 e. The van der Waals surface area contributed by atoms with Gasteiger partial charge in [0, 0.05) is 24.3 Å². The summed E-state index contributed by atoms with van der Waals surface area (Å²) in [7, 11) is 0. The molecule has 0 aliphatic carbocycles. The number of carbonyl (C=O) groups is 2. The number of aryl methyl sites for hydroxylation is 1. The molecule has 1 aromatic rings. The van der Waals surface area contributed by atoms with Gasteiger partial charge in [0.1, 0.15) is 6.29 Å². The molecule has 0 heterocycles. The molecule has 0 atom stereocenters. The standard InChI is InChI=1S/C20H31NO3S/c1-5-17-7-9-18(10-8-17)11-14-24-19(23)21(20(2,3)4)12-6-15-25-16-13-22/h7-10,13H,5-6,11-12,14-16H2,1-4H3. The molecule has 1 rings (SSSR count). The molecule has 4 nitrogen and oxygen atoms in total. The third-order valence-electron chi connectivity index (χ3n) is 3.93. The van der Waals surface area contributed by atoms with E-state index in [1.54, 1.807) is 16.7 Å². The summed E-state index contributed by atoms with van der Waals surface area (Å²) in [6.45, 7) is 9.19. The van der Waals surface area contributed by atoms with Crippen LogP contribution in [-0.4, -0.2) is 47.5 Å². The van der Waals surface area contributed by atoms with Crippen molar-refractivity contribution in [2.75, 3.05) is 24.7 Å². The van der Waals surface area contributed by atoms with Gasteiger partial charge in [0.25, 0.3) is 0 Å². The van der Waals surface area contributed by atoms with E-state index < -0.39 is 0 Å². The molecule has 0 spiro atoms. The second-order valence-electron chi connectivity index (χ2n) is 6.95. The lowest BCUT2D eigenvalue weighted by atomic mass is 10.1. The Balaban J connectivity index is 2.44. The maximum atomic E-state index is 12.4. The van der Waals surface area contributed by atoms with Crippen LogP contribution in [0.3, 0.4) is 0 Å². The lowest BCUT2D eigenvalue weighted by Crippen LogP contribution is -2.46. The van der Waals surface area contributed by atoms with Gasteiger partial charge in [-0.3, -0.25) is 0 Å². The molecule has 0 saturated heterocycles. The summed E-state index contributed by atoms with van der Waals surface area (Å²) in [4.78, 5) is 24.5. The van der Waals surface area contributed by atoms with Crippen LogP contribution >= 0.6 is 11.8 Å². The van der Waals surface area contributed by atoms with Crippen LogP contribution < -0.4 is 0 Å². The zero-order valence-corrected chi connectivity index (χ0v) is 16.7. The van der Waals surface area contributed by atoms with Crippen molar-refractivity contribution in [2.24, 2.45) is 0 Å². The molecule has 5 heteroatoms. The molecule has 0 aromatic heterocycles. The number of thioether (sulfide) groups is 1. The van der Waals surface area contributed by atoms with E-state index in [0.717, 1.165) is 31.3 Å². The number of rotatable bonds is 10. The summed E-state index contributed by atoms with van der Waals surface area (Å²) < 4.78 is 5.49. The lowest BCUT2D eigenvalue weighted by Gasteiger charge is -2.34. The Morgan fingerprint density at radius 1 is 1.20 bits per heavy atom. The molecule has 0 radical (unpaired) electrons. The molecular weight excluding hydrogens is 334 g/mol. The fourth-order valence-electron chi connectivity index (χ4n) is 2.43. The maximum absolute atomic E-state index is 12.4. The Morgan fingerprint density at radius 3 is 2.40 bits per heavy atom. The summed E-state index contributed by atoms with van der Waals surface area (Å²) in [6.07, 6.45) is 3.25. The number of aldehydes is 1. The number of ether oxygens (including phenoxy) is 1. The quantitative estimate of drug-likeness (QED) is 0.457. The van der Waals surface area contributed by atoms with Crippen LogP contribution in [-0.2, 0) is 22.4 Å². The number of carbonyl (C=O) groups excluding carboxylic acids is 2. The van der Waals surface area contributed by atoms with Crippen molar-refractivity contribution in [2.45, 2.75) is 52.5 Å². The third kappa shape index (κ3) is 8.43. The second-order valence-corrected chi connectivity index (χ2v) is 8.10. The highest BCUT2D eigenvalue weighted by molar-refractivity contribution is 7.99. The minimum atomic E-state index is -0.283. The zero-order chi connectivity index (χ0) is 18.7. The summed E-state index contributed by atoms with van der Waals surface area (Å²) in [5.74, 6) is 1.37. The van der Waals surface area contributed by atoms with Gasteiger partial charge in [-0.25, -0.2) is 4.79 Å². The molecule has 0 aliphatic heterocycles. The van der Waals surface area contributed by atoms with Crippen molar-refractivity contribution in [3.05, 3.63) is 35.4 Å². The number of nitrogens with zero attached hydrogens (tertiary/aromatic N) is 1. The van der Waals surface area contributed by atoms with Crippen LogP contribution in [0.25, 0.3) is 0 Å². The van der Waals surface area contributed by atoms with E-state index in [4.69, 9.17) is 4.74 Å². The van der Waals surface area contributed by atoms with Crippen LogP contribution in [0.1, 0.15) is 45.2 Å². The highest BCUT2D eigenvalue weighted by Gasteiger charge is 2.27. The average Bonchev–Trinajstić information content (AvgIpc) is 2.57. The number of amides is 1. The van der Waals surface area contributed by atoms with E-state index in [0.29, 0.717) is 18.9 Å². The Bertz CT molecular complexity index is 523. The van der Waals surface area contributed by atoms with E-state index in [1.807, 2.05) is 20.8 Å². The van der Waals surface area contributed by atoms with Gasteiger partial charge in [0.05, 0.1) is 6.61 Å². The van der Waals surface area contributed by atoms with Crippen LogP contribution in [0.15, 0.2) is 24.3 Å². The molecule has 0 bridgehead atoms. The molecule has 1 amide bonds. The highest BCUT2D eigenvalue weighted by Crippen LogP contribution is 2.16. The molecule has 0 N–H and O–H groups in total. The summed E-state index contributed by atoms with van der Waals surface area (Å²) in [5.41, 5.74) is 2.21. The van der Waals surface area contributed by atoms with Crippen molar-refractivity contribution in [3.63, 3.8) is 0 Å². The molecule has 1 aromatic carbocycles. The minimum absolute atomic E-state index is 0.266. The van der Waals surface area contributed by atoms with Crippen molar-refractivity contribution in [1.29, 1.82) is 0 Å². The molecule has 0 saturated carbocycles. The van der Waals surface area contributed by atoms with Gasteiger partial charge in [-0.05, 0) is 50.5 Å². The number of benzene rings is 1. The Kier molecular flexibility index (Phi) is 9.65. The normalized spacial score (nSPS) is 11.2. The van der Waals surface area contributed by atoms with E-state index in [2.05, 4.69) is 31.2 Å². The average molecular weight is 366 g/mol. The predicted octanol–water partition coefficient (Wildman–Crippen LogP) is 4.35. The Labute approximate surface area is 156 Å². The molecular formula is C20H31NO3S. The van der Waals surface area contributed by atoms with Crippen molar-refractivity contribution in [1.82, 2.24) is 4.90 Å².